The summed E-state index contributed by atoms with van der Waals surface area (Å²) in [5.74, 6) is -0.387. The lowest BCUT2D eigenvalue weighted by molar-refractivity contribution is -0.384. The molecule has 1 heterocycles. The zero-order valence-electron chi connectivity index (χ0n) is 13.5. The van der Waals surface area contributed by atoms with Gasteiger partial charge in [0.25, 0.3) is 11.6 Å². The zero-order valence-corrected chi connectivity index (χ0v) is 13.5. The Hall–Kier alpha value is -3.48. The van der Waals surface area contributed by atoms with Crippen LogP contribution >= 0.6 is 0 Å². The molecule has 0 radical (unpaired) electrons. The molecule has 0 fully saturated rings. The molecule has 0 atom stereocenters. The van der Waals surface area contributed by atoms with E-state index in [1.807, 2.05) is 30.3 Å². The van der Waals surface area contributed by atoms with Crippen molar-refractivity contribution in [1.29, 1.82) is 0 Å². The highest BCUT2D eigenvalue weighted by molar-refractivity contribution is 6.00. The number of carbonyl (C=O) groups excluding carboxylic acids is 1. The van der Waals surface area contributed by atoms with Crippen LogP contribution in [0.25, 0.3) is 10.9 Å². The molecule has 0 spiro atoms. The summed E-state index contributed by atoms with van der Waals surface area (Å²) < 4.78 is 0. The minimum absolute atomic E-state index is 0.129. The van der Waals surface area contributed by atoms with Crippen LogP contribution in [0.3, 0.4) is 0 Å². The van der Waals surface area contributed by atoms with Gasteiger partial charge in [0.15, 0.2) is 0 Å². The first-order valence-electron chi connectivity index (χ1n) is 7.67. The van der Waals surface area contributed by atoms with Crippen molar-refractivity contribution < 1.29 is 9.72 Å². The SMILES string of the molecule is CNC(=O)c1cc([N+](=O)[O-])ccc1NCc1cccc2cccnc12. The van der Waals surface area contributed by atoms with E-state index in [1.54, 1.807) is 12.3 Å². The second-order valence-corrected chi connectivity index (χ2v) is 5.41. The molecule has 0 aliphatic heterocycles. The molecule has 2 N–H and O–H groups in total. The Morgan fingerprint density at radius 1 is 1.20 bits per heavy atom. The number of rotatable bonds is 5. The largest absolute Gasteiger partial charge is 0.380 e. The number of nitrogens with one attached hydrogen (secondary N) is 2. The topological polar surface area (TPSA) is 97.2 Å². The van der Waals surface area contributed by atoms with Gasteiger partial charge in [0, 0.05) is 43.0 Å². The van der Waals surface area contributed by atoms with Crippen molar-refractivity contribution in [3.05, 3.63) is 76.0 Å². The molecule has 0 aliphatic rings. The predicted octanol–water partition coefficient (Wildman–Crippen LogP) is 3.11. The molecule has 0 saturated heterocycles. The van der Waals surface area contributed by atoms with E-state index in [9.17, 15) is 14.9 Å². The van der Waals surface area contributed by atoms with Crippen molar-refractivity contribution in [2.24, 2.45) is 0 Å². The maximum absolute atomic E-state index is 12.0. The standard InChI is InChI=1S/C18H16N4O3/c1-19-18(23)15-10-14(22(24)25)7-8-16(15)21-11-13-5-2-4-12-6-3-9-20-17(12)13/h2-10,21H,11H2,1H3,(H,19,23). The van der Waals surface area contributed by atoms with Crippen LogP contribution in [-0.2, 0) is 6.54 Å². The number of para-hydroxylation sites is 1. The molecule has 7 heteroatoms. The summed E-state index contributed by atoms with van der Waals surface area (Å²) in [6, 6.07) is 13.9. The number of fused-ring (bicyclic) bond motifs is 1. The number of carbonyl (C=O) groups is 1. The second-order valence-electron chi connectivity index (χ2n) is 5.41. The fourth-order valence-corrected chi connectivity index (χ4v) is 2.62. The maximum atomic E-state index is 12.0. The van der Waals surface area contributed by atoms with E-state index >= 15 is 0 Å². The zero-order chi connectivity index (χ0) is 17.8. The molecule has 0 aliphatic carbocycles. The van der Waals surface area contributed by atoms with Crippen molar-refractivity contribution in [3.8, 4) is 0 Å². The Kier molecular flexibility index (Phi) is 4.56. The molecule has 25 heavy (non-hydrogen) atoms. The van der Waals surface area contributed by atoms with Gasteiger partial charge >= 0.3 is 0 Å². The van der Waals surface area contributed by atoms with Crippen LogP contribution in [0.15, 0.2) is 54.7 Å². The summed E-state index contributed by atoms with van der Waals surface area (Å²) in [5.41, 5.74) is 2.47. The lowest BCUT2D eigenvalue weighted by atomic mass is 10.1. The number of hydrogen-bond donors (Lipinski definition) is 2. The number of amides is 1. The first kappa shape index (κ1) is 16.4. The summed E-state index contributed by atoms with van der Waals surface area (Å²) >= 11 is 0. The molecule has 3 aromatic rings. The first-order chi connectivity index (χ1) is 12.1. The van der Waals surface area contributed by atoms with Gasteiger partial charge in [-0.15, -0.1) is 0 Å². The Labute approximate surface area is 143 Å². The van der Waals surface area contributed by atoms with Gasteiger partial charge in [-0.1, -0.05) is 24.3 Å². The van der Waals surface area contributed by atoms with Crippen molar-refractivity contribution in [3.63, 3.8) is 0 Å². The molecule has 0 saturated carbocycles. The smallest absolute Gasteiger partial charge is 0.270 e. The maximum Gasteiger partial charge on any atom is 0.270 e. The number of aromatic nitrogens is 1. The number of pyridine rings is 1. The normalized spacial score (nSPS) is 10.4. The van der Waals surface area contributed by atoms with E-state index in [1.165, 1.54) is 19.2 Å². The molecule has 3 rings (SSSR count). The number of anilines is 1. The third-order valence-corrected chi connectivity index (χ3v) is 3.87. The van der Waals surface area contributed by atoms with Crippen molar-refractivity contribution in [2.75, 3.05) is 12.4 Å². The quantitative estimate of drug-likeness (QED) is 0.551. The van der Waals surface area contributed by atoms with Gasteiger partial charge < -0.3 is 10.6 Å². The molecule has 1 aromatic heterocycles. The molecular formula is C18H16N4O3. The Morgan fingerprint density at radius 3 is 2.76 bits per heavy atom. The number of nitro benzene ring substituents is 1. The minimum atomic E-state index is -0.523. The van der Waals surface area contributed by atoms with Crippen LogP contribution in [0.2, 0.25) is 0 Å². The molecule has 126 valence electrons. The van der Waals surface area contributed by atoms with Crippen LogP contribution in [0, 0.1) is 10.1 Å². The molecule has 1 amide bonds. The van der Waals surface area contributed by atoms with Crippen LogP contribution in [0.1, 0.15) is 15.9 Å². The number of nitrogens with zero attached hydrogens (tertiary/aromatic N) is 2. The summed E-state index contributed by atoms with van der Waals surface area (Å²) in [7, 11) is 1.49. The lowest BCUT2D eigenvalue weighted by Gasteiger charge is -2.12. The average molecular weight is 336 g/mol. The van der Waals surface area contributed by atoms with E-state index < -0.39 is 4.92 Å². The van der Waals surface area contributed by atoms with Crippen LogP contribution in [0.5, 0.6) is 0 Å². The van der Waals surface area contributed by atoms with Crippen molar-refractivity contribution in [2.45, 2.75) is 6.54 Å². The summed E-state index contributed by atoms with van der Waals surface area (Å²) in [4.78, 5) is 26.9. The average Bonchev–Trinajstić information content (AvgIpc) is 2.65. The molecule has 2 aromatic carbocycles. The Morgan fingerprint density at radius 2 is 2.00 bits per heavy atom. The van der Waals surface area contributed by atoms with Gasteiger partial charge in [0.1, 0.15) is 0 Å². The third kappa shape index (κ3) is 3.40. The Balaban J connectivity index is 1.92. The second kappa shape index (κ2) is 6.96. The summed E-state index contributed by atoms with van der Waals surface area (Å²) in [5, 5.41) is 17.7. The fraction of sp³-hybridized carbons (Fsp3) is 0.111. The van der Waals surface area contributed by atoms with Crippen LogP contribution in [0.4, 0.5) is 11.4 Å². The van der Waals surface area contributed by atoms with Gasteiger partial charge in [-0.2, -0.15) is 0 Å². The van der Waals surface area contributed by atoms with Gasteiger partial charge in [-0.25, -0.2) is 0 Å². The number of nitro groups is 1. The summed E-state index contributed by atoms with van der Waals surface area (Å²) in [6.45, 7) is 0.441. The molecule has 7 nitrogen and oxygen atoms in total. The monoisotopic (exact) mass is 336 g/mol. The highest BCUT2D eigenvalue weighted by atomic mass is 16.6. The molecule has 0 unspecified atom stereocenters. The van der Waals surface area contributed by atoms with E-state index in [0.717, 1.165) is 16.5 Å². The number of hydrogen-bond acceptors (Lipinski definition) is 5. The number of non-ortho nitro benzene ring substituents is 1. The minimum Gasteiger partial charge on any atom is -0.380 e. The first-order valence-corrected chi connectivity index (χ1v) is 7.67. The van der Waals surface area contributed by atoms with Gasteiger partial charge in [-0.05, 0) is 17.7 Å². The van der Waals surface area contributed by atoms with E-state index in [0.29, 0.717) is 12.2 Å². The summed E-state index contributed by atoms with van der Waals surface area (Å²) in [6.07, 6.45) is 1.73. The van der Waals surface area contributed by atoms with Crippen LogP contribution < -0.4 is 10.6 Å². The van der Waals surface area contributed by atoms with Crippen LogP contribution in [-0.4, -0.2) is 22.9 Å². The molecule has 0 bridgehead atoms. The van der Waals surface area contributed by atoms with E-state index in [4.69, 9.17) is 0 Å². The van der Waals surface area contributed by atoms with Crippen molar-refractivity contribution in [1.82, 2.24) is 10.3 Å². The van der Waals surface area contributed by atoms with Crippen molar-refractivity contribution >= 4 is 28.2 Å². The third-order valence-electron chi connectivity index (χ3n) is 3.87. The fourth-order valence-electron chi connectivity index (χ4n) is 2.62. The Bertz CT molecular complexity index is 951. The molecular weight excluding hydrogens is 320 g/mol. The van der Waals surface area contributed by atoms with E-state index in [2.05, 4.69) is 15.6 Å². The number of benzene rings is 2. The van der Waals surface area contributed by atoms with Gasteiger partial charge in [0.05, 0.1) is 16.0 Å². The highest BCUT2D eigenvalue weighted by Gasteiger charge is 2.16. The van der Waals surface area contributed by atoms with Gasteiger partial charge in [-0.3, -0.25) is 19.9 Å². The van der Waals surface area contributed by atoms with E-state index in [-0.39, 0.29) is 17.2 Å². The predicted molar refractivity (Wildman–Crippen MR) is 95.6 cm³/mol. The van der Waals surface area contributed by atoms with Gasteiger partial charge in [0.2, 0.25) is 0 Å². The lowest BCUT2D eigenvalue weighted by Crippen LogP contribution is -2.20. The highest BCUT2D eigenvalue weighted by Crippen LogP contribution is 2.24.